The molecule has 1 fully saturated rings. The molecular weight excluding hydrogens is 348 g/mol. The van der Waals surface area contributed by atoms with E-state index in [0.29, 0.717) is 0 Å². The van der Waals surface area contributed by atoms with Crippen LogP contribution in [0.15, 0.2) is 48.5 Å². The van der Waals surface area contributed by atoms with E-state index in [4.69, 9.17) is 11.5 Å². The Balaban J connectivity index is 1.21. The van der Waals surface area contributed by atoms with Gasteiger partial charge in [-0.3, -0.25) is 4.90 Å². The van der Waals surface area contributed by atoms with Gasteiger partial charge in [0.05, 0.1) is 19.6 Å². The average Bonchev–Trinajstić information content (AvgIpc) is 2.72. The fourth-order valence-electron chi connectivity index (χ4n) is 3.65. The van der Waals surface area contributed by atoms with E-state index in [1.54, 1.807) is 4.90 Å². The molecule has 2 aromatic rings. The SMILES string of the molecule is Nc1ccc(NCCCN2CC[NH+](CCCNc3ccc(N)cc3)CC2)cc1. The number of nitrogens with two attached hydrogens (primary N) is 2. The van der Waals surface area contributed by atoms with Gasteiger partial charge in [0, 0.05) is 61.9 Å². The monoisotopic (exact) mass is 383 g/mol. The van der Waals surface area contributed by atoms with Crippen LogP contribution in [0, 0.1) is 0 Å². The molecular formula is C22H35N6+. The maximum Gasteiger partial charge on any atom is 0.0900 e. The predicted molar refractivity (Wildman–Crippen MR) is 120 cm³/mol. The van der Waals surface area contributed by atoms with Gasteiger partial charge in [0.2, 0.25) is 0 Å². The van der Waals surface area contributed by atoms with Crippen molar-refractivity contribution < 1.29 is 4.90 Å². The molecule has 1 aliphatic rings. The van der Waals surface area contributed by atoms with Gasteiger partial charge in [-0.25, -0.2) is 0 Å². The minimum absolute atomic E-state index is 0.812. The zero-order valence-corrected chi connectivity index (χ0v) is 16.8. The summed E-state index contributed by atoms with van der Waals surface area (Å²) in [6.07, 6.45) is 2.37. The van der Waals surface area contributed by atoms with Gasteiger partial charge in [-0.05, 0) is 55.0 Å². The van der Waals surface area contributed by atoms with Crippen molar-refractivity contribution in [1.29, 1.82) is 0 Å². The molecule has 3 rings (SSSR count). The summed E-state index contributed by atoms with van der Waals surface area (Å²) in [5.41, 5.74) is 15.4. The maximum absolute atomic E-state index is 5.72. The number of nitrogens with one attached hydrogen (secondary N) is 3. The quantitative estimate of drug-likeness (QED) is 0.316. The summed E-state index contributed by atoms with van der Waals surface area (Å²) < 4.78 is 0. The summed E-state index contributed by atoms with van der Waals surface area (Å²) >= 11 is 0. The van der Waals surface area contributed by atoms with E-state index >= 15 is 0 Å². The highest BCUT2D eigenvalue weighted by atomic mass is 15.3. The zero-order valence-electron chi connectivity index (χ0n) is 16.8. The van der Waals surface area contributed by atoms with Crippen molar-refractivity contribution in [2.75, 3.05) is 74.5 Å². The molecule has 152 valence electrons. The minimum atomic E-state index is 0.812. The van der Waals surface area contributed by atoms with Gasteiger partial charge in [0.15, 0.2) is 0 Å². The first-order valence-corrected chi connectivity index (χ1v) is 10.4. The lowest BCUT2D eigenvalue weighted by molar-refractivity contribution is -0.904. The fourth-order valence-corrected chi connectivity index (χ4v) is 3.65. The second kappa shape index (κ2) is 10.8. The van der Waals surface area contributed by atoms with E-state index in [0.717, 1.165) is 35.8 Å². The first-order valence-electron chi connectivity index (χ1n) is 10.4. The summed E-state index contributed by atoms with van der Waals surface area (Å²) in [6, 6.07) is 15.9. The van der Waals surface area contributed by atoms with E-state index in [9.17, 15) is 0 Å². The molecule has 1 heterocycles. The standard InChI is InChI=1S/C22H34N6/c23-19-3-7-21(8-4-19)25-11-1-13-27-15-17-28(18-16-27)14-2-12-26-22-9-5-20(24)6-10-22/h3-10,25-26H,1-2,11-18,23-24H2/p+1. The number of rotatable bonds is 10. The number of hydrogen-bond donors (Lipinski definition) is 5. The second-order valence-corrected chi connectivity index (χ2v) is 7.65. The van der Waals surface area contributed by atoms with Crippen molar-refractivity contribution >= 4 is 22.7 Å². The van der Waals surface area contributed by atoms with Crippen LogP contribution in [0.3, 0.4) is 0 Å². The molecule has 6 heteroatoms. The minimum Gasteiger partial charge on any atom is -0.399 e. The Labute approximate surface area is 168 Å². The Morgan fingerprint density at radius 1 is 0.750 bits per heavy atom. The van der Waals surface area contributed by atoms with Crippen LogP contribution in [0.5, 0.6) is 0 Å². The second-order valence-electron chi connectivity index (χ2n) is 7.65. The van der Waals surface area contributed by atoms with Crippen molar-refractivity contribution in [1.82, 2.24) is 4.90 Å². The molecule has 0 radical (unpaired) electrons. The van der Waals surface area contributed by atoms with Gasteiger partial charge in [-0.15, -0.1) is 0 Å². The molecule has 0 spiro atoms. The van der Waals surface area contributed by atoms with Gasteiger partial charge < -0.3 is 27.0 Å². The van der Waals surface area contributed by atoms with Gasteiger partial charge in [0.25, 0.3) is 0 Å². The third-order valence-electron chi connectivity index (χ3n) is 5.40. The molecule has 0 amide bonds. The first kappa shape index (κ1) is 20.3. The fraction of sp³-hybridized carbons (Fsp3) is 0.455. The van der Waals surface area contributed by atoms with Crippen LogP contribution >= 0.6 is 0 Å². The van der Waals surface area contributed by atoms with Crippen molar-refractivity contribution in [2.45, 2.75) is 12.8 Å². The van der Waals surface area contributed by atoms with Crippen molar-refractivity contribution in [2.24, 2.45) is 0 Å². The summed E-state index contributed by atoms with van der Waals surface area (Å²) in [5.74, 6) is 0. The molecule has 0 saturated carbocycles. The largest absolute Gasteiger partial charge is 0.399 e. The third kappa shape index (κ3) is 6.94. The Morgan fingerprint density at radius 2 is 1.25 bits per heavy atom. The number of nitrogens with zero attached hydrogens (tertiary/aromatic N) is 1. The van der Waals surface area contributed by atoms with Gasteiger partial charge in [-0.2, -0.15) is 0 Å². The van der Waals surface area contributed by atoms with Crippen molar-refractivity contribution in [3.63, 3.8) is 0 Å². The van der Waals surface area contributed by atoms with Crippen LogP contribution < -0.4 is 27.0 Å². The highest BCUT2D eigenvalue weighted by molar-refractivity contribution is 5.51. The maximum atomic E-state index is 5.72. The lowest BCUT2D eigenvalue weighted by Gasteiger charge is -2.32. The highest BCUT2D eigenvalue weighted by Gasteiger charge is 2.18. The van der Waals surface area contributed by atoms with Crippen LogP contribution in [-0.2, 0) is 0 Å². The summed E-state index contributed by atoms with van der Waals surface area (Å²) in [6.45, 7) is 9.38. The van der Waals surface area contributed by atoms with Crippen LogP contribution in [0.25, 0.3) is 0 Å². The summed E-state index contributed by atoms with van der Waals surface area (Å²) in [4.78, 5) is 4.33. The highest BCUT2D eigenvalue weighted by Crippen LogP contribution is 2.11. The van der Waals surface area contributed by atoms with E-state index in [2.05, 4.69) is 15.5 Å². The number of quaternary nitrogens is 1. The lowest BCUT2D eigenvalue weighted by Crippen LogP contribution is -3.14. The number of hydrogen-bond acceptors (Lipinski definition) is 5. The molecule has 0 aliphatic carbocycles. The van der Waals surface area contributed by atoms with Gasteiger partial charge >= 0.3 is 0 Å². The Bertz CT molecular complexity index is 616. The molecule has 0 bridgehead atoms. The molecule has 7 N–H and O–H groups in total. The topological polar surface area (TPSA) is 83.8 Å². The molecule has 2 aromatic carbocycles. The normalized spacial score (nSPS) is 15.4. The van der Waals surface area contributed by atoms with Gasteiger partial charge in [0.1, 0.15) is 0 Å². The van der Waals surface area contributed by atoms with Crippen molar-refractivity contribution in [3.8, 4) is 0 Å². The molecule has 1 aliphatic heterocycles. The molecule has 0 atom stereocenters. The van der Waals surface area contributed by atoms with Crippen LogP contribution in [0.1, 0.15) is 12.8 Å². The molecule has 0 aromatic heterocycles. The molecule has 0 unspecified atom stereocenters. The molecule has 1 saturated heterocycles. The third-order valence-corrected chi connectivity index (χ3v) is 5.40. The van der Waals surface area contributed by atoms with Crippen LogP contribution in [-0.4, -0.2) is 57.3 Å². The molecule has 28 heavy (non-hydrogen) atoms. The predicted octanol–water partition coefficient (Wildman–Crippen LogP) is 1.36. The Morgan fingerprint density at radius 3 is 1.79 bits per heavy atom. The number of nitrogen functional groups attached to an aromatic ring is 2. The average molecular weight is 384 g/mol. The van der Waals surface area contributed by atoms with Crippen LogP contribution in [0.2, 0.25) is 0 Å². The Hall–Kier alpha value is -2.44. The number of benzene rings is 2. The van der Waals surface area contributed by atoms with Gasteiger partial charge in [-0.1, -0.05) is 0 Å². The Kier molecular flexibility index (Phi) is 7.82. The number of piperazine rings is 1. The van der Waals surface area contributed by atoms with E-state index in [-0.39, 0.29) is 0 Å². The smallest absolute Gasteiger partial charge is 0.0900 e. The number of anilines is 4. The zero-order chi connectivity index (χ0) is 19.6. The summed E-state index contributed by atoms with van der Waals surface area (Å²) in [5, 5.41) is 6.95. The summed E-state index contributed by atoms with van der Waals surface area (Å²) in [7, 11) is 0. The van der Waals surface area contributed by atoms with E-state index in [1.807, 2.05) is 48.5 Å². The first-order chi connectivity index (χ1) is 13.7. The van der Waals surface area contributed by atoms with Crippen molar-refractivity contribution in [3.05, 3.63) is 48.5 Å². The van der Waals surface area contributed by atoms with E-state index in [1.165, 1.54) is 52.1 Å². The lowest BCUT2D eigenvalue weighted by atomic mass is 10.2. The molecule has 6 nitrogen and oxygen atoms in total. The van der Waals surface area contributed by atoms with Crippen LogP contribution in [0.4, 0.5) is 22.7 Å². The van der Waals surface area contributed by atoms with E-state index < -0.39 is 0 Å².